The maximum Gasteiger partial charge on any atom is 0.420 e. The summed E-state index contributed by atoms with van der Waals surface area (Å²) >= 11 is 0. The topological polar surface area (TPSA) is 165 Å². The highest BCUT2D eigenvalue weighted by Gasteiger charge is 2.54. The number of hydrogen-bond donors (Lipinski definition) is 0. The molecule has 0 aliphatic carbocycles. The van der Waals surface area contributed by atoms with Gasteiger partial charge in [0.1, 0.15) is 31.2 Å². The average Bonchev–Trinajstić information content (AvgIpc) is 3.77. The van der Waals surface area contributed by atoms with Gasteiger partial charge in [-0.25, -0.2) is 14.3 Å². The molecule has 16 nitrogen and oxygen atoms in total. The van der Waals surface area contributed by atoms with Crippen molar-refractivity contribution in [2.24, 2.45) is 17.8 Å². The number of nitrogens with zero attached hydrogens (tertiary/aromatic N) is 3. The Hall–Kier alpha value is -3.24. The fourth-order valence-electron chi connectivity index (χ4n) is 9.77. The van der Waals surface area contributed by atoms with E-state index in [2.05, 4.69) is 15.8 Å². The first-order valence-corrected chi connectivity index (χ1v) is 21.7. The lowest BCUT2D eigenvalue weighted by Crippen LogP contribution is -2.61. The zero-order valence-corrected chi connectivity index (χ0v) is 39.6. The van der Waals surface area contributed by atoms with Crippen LogP contribution in [0.4, 0.5) is 4.79 Å². The molecule has 2 saturated heterocycles. The molecule has 62 heavy (non-hydrogen) atoms. The quantitative estimate of drug-likeness (QED) is 0.188. The zero-order chi connectivity index (χ0) is 46.3. The first-order valence-electron chi connectivity index (χ1n) is 21.7. The van der Waals surface area contributed by atoms with Crippen LogP contribution < -0.4 is 0 Å². The van der Waals surface area contributed by atoms with E-state index in [4.69, 9.17) is 53.8 Å². The van der Waals surface area contributed by atoms with E-state index in [0.717, 1.165) is 0 Å². The molecule has 16 atom stereocenters. The monoisotopic (exact) mass is 876 g/mol. The molecule has 1 aromatic heterocycles. The van der Waals surface area contributed by atoms with Gasteiger partial charge in [0.15, 0.2) is 24.0 Å². The Labute approximate surface area is 368 Å². The Morgan fingerprint density at radius 2 is 1.68 bits per heavy atom. The predicted octanol–water partition coefficient (Wildman–Crippen LogP) is 5.59. The van der Waals surface area contributed by atoms with Crippen molar-refractivity contribution in [3.63, 3.8) is 0 Å². The molecule has 0 unspecified atom stereocenters. The maximum absolute atomic E-state index is 14.8. The van der Waals surface area contributed by atoms with Gasteiger partial charge in [0.25, 0.3) is 0 Å². The van der Waals surface area contributed by atoms with Crippen molar-refractivity contribution in [1.82, 2.24) is 14.5 Å². The molecule has 4 heterocycles. The number of methoxy groups -OCH3 is 3. The second-order valence-corrected chi connectivity index (χ2v) is 18.2. The second-order valence-electron chi connectivity index (χ2n) is 18.2. The molecule has 3 aliphatic rings. The van der Waals surface area contributed by atoms with E-state index in [1.165, 1.54) is 23.3 Å². The molecule has 0 aromatic carbocycles. The van der Waals surface area contributed by atoms with E-state index >= 15 is 0 Å². The fourth-order valence-corrected chi connectivity index (χ4v) is 9.77. The number of ketones is 1. The highest BCUT2D eigenvalue weighted by Crippen LogP contribution is 2.42. The van der Waals surface area contributed by atoms with Crippen molar-refractivity contribution >= 4 is 17.8 Å². The normalized spacial score (nSPS) is 41.1. The summed E-state index contributed by atoms with van der Waals surface area (Å²) in [7, 11) is 8.80. The summed E-state index contributed by atoms with van der Waals surface area (Å²) in [5.41, 5.74) is -3.44. The van der Waals surface area contributed by atoms with E-state index in [0.29, 0.717) is 12.0 Å². The summed E-state index contributed by atoms with van der Waals surface area (Å²) in [5, 5.41) is 0. The van der Waals surface area contributed by atoms with Crippen LogP contribution in [0.2, 0.25) is 0 Å². The summed E-state index contributed by atoms with van der Waals surface area (Å²) in [5.74, 6) is -0.686. The van der Waals surface area contributed by atoms with Crippen molar-refractivity contribution in [2.75, 3.05) is 42.0 Å². The highest BCUT2D eigenvalue weighted by atomic mass is 16.7. The van der Waals surface area contributed by atoms with Crippen molar-refractivity contribution in [3.05, 3.63) is 30.4 Å². The predicted molar refractivity (Wildman–Crippen MR) is 229 cm³/mol. The Kier molecular flexibility index (Phi) is 17.9. The number of ether oxygens (including phenoxy) is 10. The van der Waals surface area contributed by atoms with Crippen LogP contribution in [0.3, 0.4) is 0 Å². The number of hydrogen-bond acceptors (Lipinski definition) is 15. The molecule has 0 spiro atoms. The first kappa shape index (κ1) is 51.4. The number of imidazole rings is 1. The van der Waals surface area contributed by atoms with Crippen molar-refractivity contribution in [3.8, 4) is 12.3 Å². The zero-order valence-electron chi connectivity index (χ0n) is 39.6. The molecular weight excluding hydrogens is 803 g/mol. The van der Waals surface area contributed by atoms with Crippen LogP contribution in [-0.2, 0) is 57.0 Å². The third kappa shape index (κ3) is 11.5. The van der Waals surface area contributed by atoms with Crippen LogP contribution in [0.1, 0.15) is 94.9 Å². The minimum atomic E-state index is -1.60. The molecule has 1 aromatic rings. The lowest BCUT2D eigenvalue weighted by atomic mass is 9.76. The number of carbonyl (C=O) groups excluding carboxylic acids is 3. The summed E-state index contributed by atoms with van der Waals surface area (Å²) in [6.45, 7) is 18.1. The van der Waals surface area contributed by atoms with Gasteiger partial charge in [0.2, 0.25) is 0 Å². The number of rotatable bonds is 12. The van der Waals surface area contributed by atoms with E-state index in [1.807, 2.05) is 62.6 Å². The number of cyclic esters (lactones) is 1. The van der Waals surface area contributed by atoms with Crippen LogP contribution in [-0.4, -0.2) is 152 Å². The third-order valence-corrected chi connectivity index (χ3v) is 13.1. The van der Waals surface area contributed by atoms with Gasteiger partial charge in [-0.1, -0.05) is 26.7 Å². The molecule has 3 aliphatic heterocycles. The smallest absolute Gasteiger partial charge is 0.420 e. The number of terminal acetylenes is 1. The van der Waals surface area contributed by atoms with Crippen LogP contribution >= 0.6 is 0 Å². The largest absolute Gasteiger partial charge is 0.457 e. The summed E-state index contributed by atoms with van der Waals surface area (Å²) < 4.78 is 65.4. The molecular formula is C46H73N3O13. The minimum Gasteiger partial charge on any atom is -0.457 e. The van der Waals surface area contributed by atoms with Gasteiger partial charge in [-0.2, -0.15) is 0 Å². The molecule has 16 heteroatoms. The molecule has 2 fully saturated rings. The van der Waals surface area contributed by atoms with Gasteiger partial charge in [-0.05, 0) is 93.5 Å². The molecule has 0 bridgehead atoms. The third-order valence-electron chi connectivity index (χ3n) is 13.1. The van der Waals surface area contributed by atoms with Crippen LogP contribution in [0.5, 0.6) is 0 Å². The highest BCUT2D eigenvalue weighted by molar-refractivity contribution is 5.96. The second kappa shape index (κ2) is 21.6. The van der Waals surface area contributed by atoms with E-state index < -0.39 is 95.8 Å². The van der Waals surface area contributed by atoms with Gasteiger partial charge in [0.05, 0.1) is 41.5 Å². The summed E-state index contributed by atoms with van der Waals surface area (Å²) in [6, 6.07) is -0.0737. The molecule has 0 N–H and O–H groups in total. The Balaban J connectivity index is 1.95. The molecule has 0 radical (unpaired) electrons. The molecule has 4 rings (SSSR count). The minimum absolute atomic E-state index is 0.0737. The number of Topliss-reactive ketones (excluding diaryl/α,β-unsaturated/α-hetero) is 1. The first-order chi connectivity index (χ1) is 29.1. The van der Waals surface area contributed by atoms with Crippen LogP contribution in [0, 0.1) is 30.1 Å². The number of esters is 1. The van der Waals surface area contributed by atoms with Crippen molar-refractivity contribution < 1.29 is 61.8 Å². The number of allylic oxidation sites excluding steroid dienone is 1. The fraction of sp³-hybridized carbons (Fsp3) is 0.783. The van der Waals surface area contributed by atoms with Gasteiger partial charge < -0.3 is 52.3 Å². The maximum atomic E-state index is 14.8. The number of likely N-dealkylation sites (N-methyl/N-ethyl adjacent to an activating group) is 1. The summed E-state index contributed by atoms with van der Waals surface area (Å²) in [6.07, 6.45) is 5.73. The average molecular weight is 876 g/mol. The van der Waals surface area contributed by atoms with Gasteiger partial charge in [0, 0.05) is 58.0 Å². The van der Waals surface area contributed by atoms with Gasteiger partial charge in [-0.3, -0.25) is 9.59 Å². The molecule has 350 valence electrons. The van der Waals surface area contributed by atoms with Crippen LogP contribution in [0.15, 0.2) is 30.4 Å². The standard InChI is InChI=1S/C46H73N3O13/c1-17-21-56-46(11)24-28(4)36(50)27(3)23-44(9,62-43(52)49-20-19-47-26-49)34(18-2)59-41(51)31(7)37(60-35-25-45(10,55-16)40(54-15)32(8)58-35)30(6)39(46)61-42-38(53-14)33(48(12)13)22-29(5)57-42/h1,19-20,23,26,28-35,37-40,42H,18,21-22,24-25H2,2-16H3/b27-23+/t28-,29-,30+,31-,32+,33+,34-,35+,37+,38-,39-,40+,42+,44+,45-,46+/m1/s1. The van der Waals surface area contributed by atoms with Gasteiger partial charge >= 0.3 is 12.1 Å². The number of aromatic nitrogens is 2. The molecule has 0 amide bonds. The van der Waals surface area contributed by atoms with Gasteiger partial charge in [-0.15, -0.1) is 6.42 Å². The van der Waals surface area contributed by atoms with Crippen molar-refractivity contribution in [1.29, 1.82) is 0 Å². The van der Waals surface area contributed by atoms with E-state index in [-0.39, 0.29) is 43.8 Å². The lowest BCUT2D eigenvalue weighted by molar-refractivity contribution is -0.322. The SMILES string of the molecule is C#CCO[C@@]1(C)C[C@@H](C)C(=O)/C(C)=C/[C@](C)(OC(=O)n2ccnc2)[C@@H](CC)OC(=O)[C@H](C)[C@@H](O[C@H]2C[C@@](C)(OC)[C@@H](OC)[C@H](C)O2)[C@H](C)[C@H]1O[C@@H]1O[C@H](C)C[C@H](N(C)C)[C@H]1OC. The Morgan fingerprint density at radius 3 is 2.24 bits per heavy atom. The van der Waals surface area contributed by atoms with Crippen LogP contribution in [0.25, 0.3) is 0 Å². The summed E-state index contributed by atoms with van der Waals surface area (Å²) in [4.78, 5) is 48.9. The van der Waals surface area contributed by atoms with Crippen molar-refractivity contribution in [2.45, 2.75) is 173 Å². The molecule has 0 saturated carbocycles. The Morgan fingerprint density at radius 1 is 0.984 bits per heavy atom. The van der Waals surface area contributed by atoms with E-state index in [9.17, 15) is 14.4 Å². The number of carbonyl (C=O) groups is 3. The lowest BCUT2D eigenvalue weighted by Gasteiger charge is -2.50. The Bertz CT molecular complexity index is 1720. The van der Waals surface area contributed by atoms with E-state index in [1.54, 1.807) is 48.2 Å².